The molecule has 2 N–H and O–H groups in total. The number of benzene rings is 2. The minimum atomic E-state index is -0.409. The van der Waals surface area contributed by atoms with Gasteiger partial charge < -0.3 is 15.0 Å². The largest absolute Gasteiger partial charge is 0.480 e. The Balaban J connectivity index is 1.76. The Labute approximate surface area is 151 Å². The van der Waals surface area contributed by atoms with Gasteiger partial charge >= 0.3 is 0 Å². The normalized spacial score (nSPS) is 20.8. The van der Waals surface area contributed by atoms with Crippen LogP contribution in [0.15, 0.2) is 30.3 Å². The number of nitrogens with two attached hydrogens (primary N) is 1. The monoisotopic (exact) mass is 347 g/mol. The van der Waals surface area contributed by atoms with Crippen LogP contribution in [0.25, 0.3) is 11.0 Å². The van der Waals surface area contributed by atoms with Gasteiger partial charge in [-0.3, -0.25) is 4.79 Å². The van der Waals surface area contributed by atoms with Gasteiger partial charge in [-0.2, -0.15) is 0 Å². The van der Waals surface area contributed by atoms with Gasteiger partial charge in [0.15, 0.2) is 5.75 Å². The van der Waals surface area contributed by atoms with Gasteiger partial charge in [-0.05, 0) is 49.8 Å². The van der Waals surface area contributed by atoms with Crippen molar-refractivity contribution in [3.05, 3.63) is 58.4 Å². The molecule has 2 aliphatic rings. The molecule has 1 aliphatic carbocycles. The summed E-state index contributed by atoms with van der Waals surface area (Å²) in [7, 11) is 1.95. The number of imidazole rings is 1. The van der Waals surface area contributed by atoms with E-state index in [0.717, 1.165) is 53.9 Å². The molecule has 0 saturated carbocycles. The summed E-state index contributed by atoms with van der Waals surface area (Å²) in [6.45, 7) is 1.96. The number of hydrogen-bond donors (Lipinski definition) is 1. The van der Waals surface area contributed by atoms with Crippen LogP contribution in [0, 0.1) is 6.92 Å². The van der Waals surface area contributed by atoms with Crippen molar-refractivity contribution in [1.82, 2.24) is 9.55 Å². The number of nitrogens with zero attached hydrogens (tertiary/aromatic N) is 2. The van der Waals surface area contributed by atoms with E-state index < -0.39 is 5.91 Å². The standard InChI is InChI=1S/C21H21N3O2/c1-12-23-18-17(24(12)2)11-15(20(22)25)14-8-10-21(26-19(14)18)9-7-13-5-3-4-6-16(13)21/h3-6,11H,7-10H2,1-2H3,(H2,22,25). The second-order valence-corrected chi connectivity index (χ2v) is 7.44. The number of carbonyl (C=O) groups is 1. The fourth-order valence-electron chi connectivity index (χ4n) is 4.62. The summed E-state index contributed by atoms with van der Waals surface area (Å²) in [5.41, 5.74) is 11.2. The Morgan fingerprint density at radius 1 is 1.27 bits per heavy atom. The molecule has 2 aromatic carbocycles. The average molecular weight is 347 g/mol. The fraction of sp³-hybridized carbons (Fsp3) is 0.333. The predicted molar refractivity (Wildman–Crippen MR) is 99.4 cm³/mol. The second kappa shape index (κ2) is 5.10. The summed E-state index contributed by atoms with van der Waals surface area (Å²) in [6, 6.07) is 10.4. The molecule has 26 heavy (non-hydrogen) atoms. The van der Waals surface area contributed by atoms with Gasteiger partial charge in [0.25, 0.3) is 0 Å². The minimum Gasteiger partial charge on any atom is -0.480 e. The minimum absolute atomic E-state index is 0.321. The highest BCUT2D eigenvalue weighted by Crippen LogP contribution is 2.50. The lowest BCUT2D eigenvalue weighted by Crippen LogP contribution is -2.35. The molecule has 5 heteroatoms. The van der Waals surface area contributed by atoms with Gasteiger partial charge in [0.1, 0.15) is 16.9 Å². The van der Waals surface area contributed by atoms with E-state index in [-0.39, 0.29) is 5.60 Å². The summed E-state index contributed by atoms with van der Waals surface area (Å²) in [4.78, 5) is 16.8. The first-order valence-corrected chi connectivity index (χ1v) is 9.06. The Morgan fingerprint density at radius 2 is 2.04 bits per heavy atom. The zero-order valence-electron chi connectivity index (χ0n) is 15.0. The lowest BCUT2D eigenvalue weighted by molar-refractivity contribution is 0.0459. The molecule has 1 aliphatic heterocycles. The van der Waals surface area contributed by atoms with E-state index in [1.54, 1.807) is 0 Å². The predicted octanol–water partition coefficient (Wildman–Crippen LogP) is 3.15. The Bertz CT molecular complexity index is 1080. The van der Waals surface area contributed by atoms with Crippen molar-refractivity contribution >= 4 is 16.9 Å². The van der Waals surface area contributed by atoms with Gasteiger partial charge in [-0.15, -0.1) is 0 Å². The molecular formula is C21H21N3O2. The number of aromatic nitrogens is 2. The molecule has 5 rings (SSSR count). The van der Waals surface area contributed by atoms with E-state index in [1.807, 2.05) is 24.6 Å². The lowest BCUT2D eigenvalue weighted by atomic mass is 9.84. The summed E-state index contributed by atoms with van der Waals surface area (Å²) in [5.74, 6) is 1.22. The van der Waals surface area contributed by atoms with Gasteiger partial charge in [-0.25, -0.2) is 4.98 Å². The van der Waals surface area contributed by atoms with Crippen molar-refractivity contribution in [1.29, 1.82) is 0 Å². The molecule has 1 spiro atoms. The quantitative estimate of drug-likeness (QED) is 0.735. The Hall–Kier alpha value is -2.82. The number of rotatable bonds is 1. The molecule has 2 heterocycles. The smallest absolute Gasteiger partial charge is 0.249 e. The van der Waals surface area contributed by atoms with E-state index in [1.165, 1.54) is 11.1 Å². The topological polar surface area (TPSA) is 70.1 Å². The maximum atomic E-state index is 12.1. The maximum absolute atomic E-state index is 12.1. The lowest BCUT2D eigenvalue weighted by Gasteiger charge is -2.37. The van der Waals surface area contributed by atoms with Crippen LogP contribution in [-0.4, -0.2) is 15.5 Å². The highest BCUT2D eigenvalue weighted by Gasteiger charge is 2.44. The van der Waals surface area contributed by atoms with E-state index in [2.05, 4.69) is 24.3 Å². The van der Waals surface area contributed by atoms with Crippen LogP contribution < -0.4 is 10.5 Å². The van der Waals surface area contributed by atoms with Crippen LogP contribution in [0.5, 0.6) is 5.75 Å². The third-order valence-electron chi connectivity index (χ3n) is 6.11. The number of primary amides is 1. The third-order valence-corrected chi connectivity index (χ3v) is 6.11. The molecule has 132 valence electrons. The van der Waals surface area contributed by atoms with Crippen molar-refractivity contribution in [2.45, 2.75) is 38.2 Å². The summed E-state index contributed by atoms with van der Waals surface area (Å²) in [5, 5.41) is 0. The molecule has 0 fully saturated rings. The van der Waals surface area contributed by atoms with Gasteiger partial charge in [0.2, 0.25) is 5.91 Å². The molecular weight excluding hydrogens is 326 g/mol. The number of fused-ring (bicyclic) bond motifs is 5. The van der Waals surface area contributed by atoms with Crippen LogP contribution in [0.1, 0.15) is 45.7 Å². The SMILES string of the molecule is Cc1nc2c3c(c(C(N)=O)cc2n1C)CCC1(CCc2ccccc21)O3. The molecule has 1 aromatic heterocycles. The third kappa shape index (κ3) is 1.91. The van der Waals surface area contributed by atoms with Crippen LogP contribution in [0.4, 0.5) is 0 Å². The van der Waals surface area contributed by atoms with Crippen LogP contribution >= 0.6 is 0 Å². The molecule has 1 atom stereocenters. The van der Waals surface area contributed by atoms with Crippen molar-refractivity contribution < 1.29 is 9.53 Å². The number of ether oxygens (including phenoxy) is 1. The van der Waals surface area contributed by atoms with Crippen molar-refractivity contribution in [2.24, 2.45) is 12.8 Å². The highest BCUT2D eigenvalue weighted by molar-refractivity contribution is 6.00. The van der Waals surface area contributed by atoms with Crippen LogP contribution in [0.3, 0.4) is 0 Å². The van der Waals surface area contributed by atoms with E-state index in [9.17, 15) is 4.79 Å². The van der Waals surface area contributed by atoms with Crippen molar-refractivity contribution in [2.75, 3.05) is 0 Å². The molecule has 0 radical (unpaired) electrons. The van der Waals surface area contributed by atoms with Gasteiger partial charge in [-0.1, -0.05) is 24.3 Å². The van der Waals surface area contributed by atoms with Crippen molar-refractivity contribution in [3.8, 4) is 5.75 Å². The maximum Gasteiger partial charge on any atom is 0.249 e. The first-order chi connectivity index (χ1) is 12.5. The zero-order chi connectivity index (χ0) is 18.1. The first-order valence-electron chi connectivity index (χ1n) is 9.06. The summed E-state index contributed by atoms with van der Waals surface area (Å²) >= 11 is 0. The Kier molecular flexibility index (Phi) is 3.03. The van der Waals surface area contributed by atoms with Gasteiger partial charge in [0.05, 0.1) is 5.52 Å². The number of aryl methyl sites for hydroxylation is 3. The summed E-state index contributed by atoms with van der Waals surface area (Å²) < 4.78 is 8.68. The summed E-state index contributed by atoms with van der Waals surface area (Å²) in [6.07, 6.45) is 3.60. The average Bonchev–Trinajstić information content (AvgIpc) is 3.13. The van der Waals surface area contributed by atoms with Crippen molar-refractivity contribution in [3.63, 3.8) is 0 Å². The van der Waals surface area contributed by atoms with E-state index in [0.29, 0.717) is 5.56 Å². The van der Waals surface area contributed by atoms with Crippen LogP contribution in [0.2, 0.25) is 0 Å². The Morgan fingerprint density at radius 3 is 2.85 bits per heavy atom. The number of hydrogen-bond acceptors (Lipinski definition) is 3. The molecule has 0 bridgehead atoms. The number of carbonyl (C=O) groups excluding carboxylic acids is 1. The zero-order valence-corrected chi connectivity index (χ0v) is 15.0. The highest BCUT2D eigenvalue weighted by atomic mass is 16.5. The van der Waals surface area contributed by atoms with E-state index in [4.69, 9.17) is 15.5 Å². The molecule has 0 saturated heterocycles. The number of amides is 1. The van der Waals surface area contributed by atoms with Gasteiger partial charge in [0, 0.05) is 18.2 Å². The first kappa shape index (κ1) is 15.4. The molecule has 1 amide bonds. The van der Waals surface area contributed by atoms with Crippen LogP contribution in [-0.2, 0) is 25.5 Å². The van der Waals surface area contributed by atoms with E-state index >= 15 is 0 Å². The molecule has 3 aromatic rings. The molecule has 5 nitrogen and oxygen atoms in total. The second-order valence-electron chi connectivity index (χ2n) is 7.44. The molecule has 1 unspecified atom stereocenters. The fourth-order valence-corrected chi connectivity index (χ4v) is 4.62.